The van der Waals surface area contributed by atoms with E-state index in [0.29, 0.717) is 12.3 Å². The largest absolute Gasteiger partial charge is 0.348 e. The fraction of sp³-hybridized carbons (Fsp3) is 0.250. The Labute approximate surface area is 147 Å². The van der Waals surface area contributed by atoms with Gasteiger partial charge in [-0.15, -0.1) is 23.1 Å². The molecule has 120 valence electrons. The highest BCUT2D eigenvalue weighted by atomic mass is 35.5. The van der Waals surface area contributed by atoms with Crippen LogP contribution in [0.4, 0.5) is 0 Å². The number of hydrogen-bond acceptors (Lipinski definition) is 4. The van der Waals surface area contributed by atoms with E-state index in [2.05, 4.69) is 10.3 Å². The Morgan fingerprint density at radius 2 is 2.17 bits per heavy atom. The SMILES string of the molecule is Cn1c(CNC(=O)CSCc2ccc(Cl)s2)nc2ccccc21. The molecule has 1 aromatic carbocycles. The standard InChI is InChI=1S/C16H16ClN3OS2/c1-20-13-5-3-2-4-12(13)19-15(20)8-18-16(21)10-22-9-11-6-7-14(17)23-11/h2-7H,8-10H2,1H3,(H,18,21). The van der Waals surface area contributed by atoms with Crippen molar-refractivity contribution in [1.82, 2.24) is 14.9 Å². The average Bonchev–Trinajstić information content (AvgIpc) is 3.10. The van der Waals surface area contributed by atoms with Crippen molar-refractivity contribution in [2.75, 3.05) is 5.75 Å². The molecule has 0 unspecified atom stereocenters. The van der Waals surface area contributed by atoms with Gasteiger partial charge in [-0.25, -0.2) is 4.98 Å². The van der Waals surface area contributed by atoms with Crippen LogP contribution >= 0.6 is 34.7 Å². The van der Waals surface area contributed by atoms with Gasteiger partial charge in [-0.3, -0.25) is 4.79 Å². The Morgan fingerprint density at radius 1 is 1.35 bits per heavy atom. The fourth-order valence-corrected chi connectivity index (χ4v) is 4.31. The van der Waals surface area contributed by atoms with Crippen LogP contribution in [0.15, 0.2) is 36.4 Å². The van der Waals surface area contributed by atoms with E-state index in [0.717, 1.165) is 26.9 Å². The Kier molecular flexibility index (Phi) is 5.25. The number of para-hydroxylation sites is 2. The van der Waals surface area contributed by atoms with Gasteiger partial charge in [0.1, 0.15) is 5.82 Å². The van der Waals surface area contributed by atoms with E-state index in [9.17, 15) is 4.79 Å². The lowest BCUT2D eigenvalue weighted by molar-refractivity contribution is -0.118. The first-order chi connectivity index (χ1) is 11.1. The van der Waals surface area contributed by atoms with Crippen LogP contribution < -0.4 is 5.32 Å². The van der Waals surface area contributed by atoms with Crippen LogP contribution in [0, 0.1) is 0 Å². The number of rotatable bonds is 6. The van der Waals surface area contributed by atoms with Crippen LogP contribution in [0.3, 0.4) is 0 Å². The number of amides is 1. The molecule has 0 aliphatic carbocycles. The second-order valence-electron chi connectivity index (χ2n) is 5.05. The number of benzene rings is 1. The number of thioether (sulfide) groups is 1. The van der Waals surface area contributed by atoms with Gasteiger partial charge in [0.15, 0.2) is 0 Å². The van der Waals surface area contributed by atoms with Crippen LogP contribution in [-0.2, 0) is 24.1 Å². The van der Waals surface area contributed by atoms with Gasteiger partial charge < -0.3 is 9.88 Å². The van der Waals surface area contributed by atoms with E-state index in [1.54, 1.807) is 23.1 Å². The highest BCUT2D eigenvalue weighted by Crippen LogP contribution is 2.25. The lowest BCUT2D eigenvalue weighted by atomic mass is 10.3. The minimum absolute atomic E-state index is 0.0182. The molecular weight excluding hydrogens is 350 g/mol. The molecule has 2 heterocycles. The highest BCUT2D eigenvalue weighted by molar-refractivity contribution is 7.99. The third kappa shape index (κ3) is 4.07. The molecule has 2 aromatic heterocycles. The van der Waals surface area contributed by atoms with Crippen LogP contribution in [-0.4, -0.2) is 21.2 Å². The predicted molar refractivity (Wildman–Crippen MR) is 98.1 cm³/mol. The first-order valence-electron chi connectivity index (χ1n) is 7.12. The summed E-state index contributed by atoms with van der Waals surface area (Å²) in [6.07, 6.45) is 0. The zero-order chi connectivity index (χ0) is 16.2. The molecular formula is C16H16ClN3OS2. The number of thiophene rings is 1. The molecule has 0 bridgehead atoms. The number of carbonyl (C=O) groups is 1. The summed E-state index contributed by atoms with van der Waals surface area (Å²) in [5, 5.41) is 2.93. The summed E-state index contributed by atoms with van der Waals surface area (Å²) in [6.45, 7) is 0.440. The monoisotopic (exact) mass is 365 g/mol. The van der Waals surface area contributed by atoms with Crippen molar-refractivity contribution in [2.24, 2.45) is 7.05 Å². The number of aryl methyl sites for hydroxylation is 1. The van der Waals surface area contributed by atoms with Gasteiger partial charge in [-0.1, -0.05) is 23.7 Å². The highest BCUT2D eigenvalue weighted by Gasteiger charge is 2.09. The fourth-order valence-electron chi connectivity index (χ4n) is 2.26. The summed E-state index contributed by atoms with van der Waals surface area (Å²) in [5.41, 5.74) is 2.02. The molecule has 0 aliphatic heterocycles. The maximum atomic E-state index is 11.9. The van der Waals surface area contributed by atoms with Crippen molar-refractivity contribution in [1.29, 1.82) is 0 Å². The minimum atomic E-state index is 0.0182. The van der Waals surface area contributed by atoms with Crippen LogP contribution in [0.1, 0.15) is 10.7 Å². The molecule has 3 aromatic rings. The van der Waals surface area contributed by atoms with Crippen LogP contribution in [0.2, 0.25) is 4.34 Å². The summed E-state index contributed by atoms with van der Waals surface area (Å²) in [7, 11) is 1.96. The zero-order valence-corrected chi connectivity index (χ0v) is 15.0. The van der Waals surface area contributed by atoms with Crippen molar-refractivity contribution in [2.45, 2.75) is 12.3 Å². The third-order valence-electron chi connectivity index (χ3n) is 3.43. The van der Waals surface area contributed by atoms with Gasteiger partial charge in [0.25, 0.3) is 0 Å². The summed E-state index contributed by atoms with van der Waals surface area (Å²) in [4.78, 5) is 17.7. The molecule has 0 saturated heterocycles. The number of aromatic nitrogens is 2. The van der Waals surface area contributed by atoms with Gasteiger partial charge in [-0.2, -0.15) is 0 Å². The molecule has 0 aliphatic rings. The van der Waals surface area contributed by atoms with Gasteiger partial charge in [0.2, 0.25) is 5.91 Å². The average molecular weight is 366 g/mol. The van der Waals surface area contributed by atoms with Crippen molar-refractivity contribution in [3.05, 3.63) is 51.4 Å². The van der Waals surface area contributed by atoms with E-state index >= 15 is 0 Å². The van der Waals surface area contributed by atoms with Crippen molar-refractivity contribution < 1.29 is 4.79 Å². The molecule has 0 radical (unpaired) electrons. The lowest BCUT2D eigenvalue weighted by Gasteiger charge is -2.05. The van der Waals surface area contributed by atoms with Gasteiger partial charge in [0.05, 0.1) is 27.7 Å². The van der Waals surface area contributed by atoms with E-state index < -0.39 is 0 Å². The number of hydrogen-bond donors (Lipinski definition) is 1. The molecule has 0 fully saturated rings. The first kappa shape index (κ1) is 16.4. The number of nitrogens with one attached hydrogen (secondary N) is 1. The Balaban J connectivity index is 1.49. The van der Waals surface area contributed by atoms with Gasteiger partial charge >= 0.3 is 0 Å². The predicted octanol–water partition coefficient (Wildman–Crippen LogP) is 3.84. The maximum absolute atomic E-state index is 11.9. The summed E-state index contributed by atoms with van der Waals surface area (Å²) < 4.78 is 2.79. The van der Waals surface area contributed by atoms with E-state index in [4.69, 9.17) is 11.6 Å². The number of halogens is 1. The molecule has 1 N–H and O–H groups in total. The molecule has 23 heavy (non-hydrogen) atoms. The zero-order valence-electron chi connectivity index (χ0n) is 12.6. The summed E-state index contributed by atoms with van der Waals surface area (Å²) in [6, 6.07) is 11.8. The number of nitrogens with zero attached hydrogens (tertiary/aromatic N) is 2. The van der Waals surface area contributed by atoms with E-state index in [1.165, 1.54) is 4.88 Å². The molecule has 3 rings (SSSR count). The number of carbonyl (C=O) groups excluding carboxylic acids is 1. The van der Waals surface area contributed by atoms with Crippen LogP contribution in [0.25, 0.3) is 11.0 Å². The van der Waals surface area contributed by atoms with Crippen molar-refractivity contribution in [3.8, 4) is 0 Å². The Bertz CT molecular complexity index is 828. The van der Waals surface area contributed by atoms with Crippen LogP contribution in [0.5, 0.6) is 0 Å². The van der Waals surface area contributed by atoms with Gasteiger partial charge in [-0.05, 0) is 24.3 Å². The Morgan fingerprint density at radius 3 is 2.91 bits per heavy atom. The topological polar surface area (TPSA) is 46.9 Å². The van der Waals surface area contributed by atoms with E-state index in [1.807, 2.05) is 48.0 Å². The van der Waals surface area contributed by atoms with Gasteiger partial charge in [0, 0.05) is 17.7 Å². The second-order valence-corrected chi connectivity index (χ2v) is 7.84. The lowest BCUT2D eigenvalue weighted by Crippen LogP contribution is -2.26. The maximum Gasteiger partial charge on any atom is 0.230 e. The minimum Gasteiger partial charge on any atom is -0.348 e. The third-order valence-corrected chi connectivity index (χ3v) is 5.83. The van der Waals surface area contributed by atoms with Crippen molar-refractivity contribution >= 4 is 51.6 Å². The molecule has 4 nitrogen and oxygen atoms in total. The quantitative estimate of drug-likeness (QED) is 0.722. The summed E-state index contributed by atoms with van der Waals surface area (Å²) >= 11 is 9.03. The number of imidazole rings is 1. The molecule has 1 amide bonds. The smallest absolute Gasteiger partial charge is 0.230 e. The molecule has 0 spiro atoms. The summed E-state index contributed by atoms with van der Waals surface area (Å²) in [5.74, 6) is 2.11. The molecule has 0 atom stereocenters. The van der Waals surface area contributed by atoms with E-state index in [-0.39, 0.29) is 5.91 Å². The molecule has 7 heteroatoms. The second kappa shape index (κ2) is 7.38. The number of fused-ring (bicyclic) bond motifs is 1. The molecule has 0 saturated carbocycles. The Hall–Kier alpha value is -1.50. The first-order valence-corrected chi connectivity index (χ1v) is 9.47. The van der Waals surface area contributed by atoms with Crippen molar-refractivity contribution in [3.63, 3.8) is 0 Å². The normalized spacial score (nSPS) is 11.0.